The van der Waals surface area contributed by atoms with Gasteiger partial charge in [0.1, 0.15) is 24.2 Å². The van der Waals surface area contributed by atoms with Gasteiger partial charge in [0.25, 0.3) is 0 Å². The van der Waals surface area contributed by atoms with Crippen LogP contribution in [0.4, 0.5) is 0 Å². The molecule has 0 bridgehead atoms. The number of carbonyl (C=O) groups is 1. The minimum absolute atomic E-state index is 0.128. The molecular weight excluding hydrogens is 514 g/mol. The second kappa shape index (κ2) is 14.3. The average molecular weight is 558 g/mol. The Balaban J connectivity index is 1.52. The lowest BCUT2D eigenvalue weighted by atomic mass is 9.88. The Labute approximate surface area is 244 Å². The number of esters is 1. The number of carbonyl (C=O) groups excluding carboxylic acids is 1. The fourth-order valence-electron chi connectivity index (χ4n) is 4.99. The van der Waals surface area contributed by atoms with Crippen molar-refractivity contribution in [2.45, 2.75) is 53.1 Å². The summed E-state index contributed by atoms with van der Waals surface area (Å²) < 4.78 is 16.9. The van der Waals surface area contributed by atoms with Gasteiger partial charge >= 0.3 is 5.97 Å². The summed E-state index contributed by atoms with van der Waals surface area (Å²) in [6.07, 6.45) is 2.75. The largest absolute Gasteiger partial charge is 0.491 e. The van der Waals surface area contributed by atoms with E-state index >= 15 is 0 Å². The molecule has 6 heteroatoms. The summed E-state index contributed by atoms with van der Waals surface area (Å²) in [5, 5.41) is 10.4. The molecule has 1 unspecified atom stereocenters. The highest BCUT2D eigenvalue weighted by Gasteiger charge is 2.23. The lowest BCUT2D eigenvalue weighted by Gasteiger charge is -2.20. The van der Waals surface area contributed by atoms with Crippen LogP contribution in [-0.2, 0) is 9.53 Å². The molecule has 41 heavy (non-hydrogen) atoms. The molecule has 218 valence electrons. The van der Waals surface area contributed by atoms with E-state index in [1.54, 1.807) is 0 Å². The standard InChI is InChI=1S/C35H43NO5/c1-5-32(26-11-7-6-8-12-26)33(28-15-19-31(20-16-28)40-25-41-34(38)35(2,3)4)27-13-17-30(18-14-27)39-24-29(37)23-36-21-9-10-22-36/h6-8,11-20,29,37H,5,9-10,21-25H2,1-4H3/b33-32+. The first kappa shape index (κ1) is 30.4. The van der Waals surface area contributed by atoms with Gasteiger partial charge in [0, 0.05) is 6.54 Å². The van der Waals surface area contributed by atoms with Crippen LogP contribution >= 0.6 is 0 Å². The van der Waals surface area contributed by atoms with E-state index in [4.69, 9.17) is 14.2 Å². The number of likely N-dealkylation sites (tertiary alicyclic amines) is 1. The summed E-state index contributed by atoms with van der Waals surface area (Å²) in [6.45, 7) is 10.5. The topological polar surface area (TPSA) is 68.2 Å². The van der Waals surface area contributed by atoms with E-state index in [0.717, 1.165) is 42.0 Å². The van der Waals surface area contributed by atoms with Crippen molar-refractivity contribution in [2.24, 2.45) is 5.41 Å². The Kier molecular flexibility index (Phi) is 10.6. The Morgan fingerprint density at radius 2 is 1.39 bits per heavy atom. The molecule has 1 saturated heterocycles. The summed E-state index contributed by atoms with van der Waals surface area (Å²) >= 11 is 0. The van der Waals surface area contributed by atoms with Crippen molar-refractivity contribution in [3.8, 4) is 11.5 Å². The molecule has 3 aromatic rings. The number of aliphatic hydroxyl groups is 1. The number of hydrogen-bond donors (Lipinski definition) is 1. The molecule has 1 N–H and O–H groups in total. The lowest BCUT2D eigenvalue weighted by Crippen LogP contribution is -2.33. The SMILES string of the molecule is CC/C(=C(\c1ccc(OCOC(=O)C(C)(C)C)cc1)c1ccc(OCC(O)CN2CCCC2)cc1)c1ccccc1. The van der Waals surface area contributed by atoms with Crippen LogP contribution < -0.4 is 9.47 Å². The third-order valence-corrected chi connectivity index (χ3v) is 7.20. The molecule has 0 radical (unpaired) electrons. The number of aliphatic hydroxyl groups excluding tert-OH is 1. The van der Waals surface area contributed by atoms with Gasteiger partial charge < -0.3 is 24.2 Å². The Bertz CT molecular complexity index is 1270. The monoisotopic (exact) mass is 557 g/mol. The predicted molar refractivity (Wildman–Crippen MR) is 164 cm³/mol. The molecule has 3 aromatic carbocycles. The minimum atomic E-state index is -0.575. The van der Waals surface area contributed by atoms with E-state index in [1.165, 1.54) is 24.0 Å². The first-order valence-corrected chi connectivity index (χ1v) is 14.6. The molecule has 1 heterocycles. The lowest BCUT2D eigenvalue weighted by molar-refractivity contribution is -0.159. The molecule has 1 aliphatic heterocycles. The van der Waals surface area contributed by atoms with Gasteiger partial charge in [-0.25, -0.2) is 0 Å². The van der Waals surface area contributed by atoms with Crippen molar-refractivity contribution in [3.63, 3.8) is 0 Å². The third kappa shape index (κ3) is 8.69. The van der Waals surface area contributed by atoms with Gasteiger partial charge in [0.2, 0.25) is 6.79 Å². The van der Waals surface area contributed by atoms with E-state index < -0.39 is 11.5 Å². The predicted octanol–water partition coefficient (Wildman–Crippen LogP) is 6.82. The van der Waals surface area contributed by atoms with Crippen molar-refractivity contribution >= 4 is 17.1 Å². The zero-order valence-electron chi connectivity index (χ0n) is 24.8. The maximum Gasteiger partial charge on any atom is 0.314 e. The van der Waals surface area contributed by atoms with Crippen LogP contribution in [0.2, 0.25) is 0 Å². The summed E-state index contributed by atoms with van der Waals surface area (Å²) in [5.74, 6) is 1.06. The van der Waals surface area contributed by atoms with Crippen molar-refractivity contribution < 1.29 is 24.1 Å². The second-order valence-electron chi connectivity index (χ2n) is 11.5. The summed E-state index contributed by atoms with van der Waals surface area (Å²) in [4.78, 5) is 14.3. The van der Waals surface area contributed by atoms with Gasteiger partial charge in [0.05, 0.1) is 5.41 Å². The van der Waals surface area contributed by atoms with Gasteiger partial charge in [-0.05, 0) is 105 Å². The molecule has 0 aromatic heterocycles. The van der Waals surface area contributed by atoms with E-state index in [0.29, 0.717) is 12.3 Å². The normalized spacial score (nSPS) is 15.2. The second-order valence-corrected chi connectivity index (χ2v) is 11.5. The van der Waals surface area contributed by atoms with Crippen LogP contribution in [0.25, 0.3) is 11.1 Å². The molecule has 6 nitrogen and oxygen atoms in total. The minimum Gasteiger partial charge on any atom is -0.491 e. The number of benzene rings is 3. The van der Waals surface area contributed by atoms with Gasteiger partial charge in [-0.15, -0.1) is 0 Å². The molecule has 1 aliphatic rings. The highest BCUT2D eigenvalue weighted by atomic mass is 16.7. The molecule has 0 spiro atoms. The van der Waals surface area contributed by atoms with Crippen LogP contribution in [0.15, 0.2) is 78.9 Å². The summed E-state index contributed by atoms with van der Waals surface area (Å²) in [7, 11) is 0. The van der Waals surface area contributed by atoms with Crippen LogP contribution in [0, 0.1) is 5.41 Å². The maximum absolute atomic E-state index is 12.0. The fourth-order valence-corrected chi connectivity index (χ4v) is 4.99. The van der Waals surface area contributed by atoms with E-state index in [1.807, 2.05) is 63.2 Å². The Morgan fingerprint density at radius 3 is 1.93 bits per heavy atom. The number of ether oxygens (including phenoxy) is 3. The highest BCUT2D eigenvalue weighted by molar-refractivity contribution is 5.98. The fraction of sp³-hybridized carbons (Fsp3) is 0.400. The van der Waals surface area contributed by atoms with Crippen LogP contribution in [0.5, 0.6) is 11.5 Å². The van der Waals surface area contributed by atoms with Crippen molar-refractivity contribution in [1.82, 2.24) is 4.90 Å². The number of rotatable bonds is 12. The number of hydrogen-bond acceptors (Lipinski definition) is 6. The first-order chi connectivity index (χ1) is 19.7. The van der Waals surface area contributed by atoms with Gasteiger partial charge in [0.15, 0.2) is 0 Å². The molecule has 1 atom stereocenters. The van der Waals surface area contributed by atoms with Gasteiger partial charge in [-0.2, -0.15) is 0 Å². The molecule has 0 saturated carbocycles. The number of β-amino-alcohol motifs (C(OH)–C–C–N with tert-alkyl or cyclic N) is 1. The first-order valence-electron chi connectivity index (χ1n) is 14.6. The molecule has 1 fully saturated rings. The van der Waals surface area contributed by atoms with Crippen LogP contribution in [0.1, 0.15) is 63.6 Å². The zero-order chi connectivity index (χ0) is 29.2. The quantitative estimate of drug-likeness (QED) is 0.150. The van der Waals surface area contributed by atoms with Crippen LogP contribution in [0.3, 0.4) is 0 Å². The van der Waals surface area contributed by atoms with Gasteiger partial charge in [-0.3, -0.25) is 4.79 Å². The average Bonchev–Trinajstić information content (AvgIpc) is 3.48. The summed E-state index contributed by atoms with van der Waals surface area (Å²) in [6, 6.07) is 26.4. The Morgan fingerprint density at radius 1 is 0.829 bits per heavy atom. The smallest absolute Gasteiger partial charge is 0.314 e. The number of allylic oxidation sites excluding steroid dienone is 1. The van der Waals surface area contributed by atoms with E-state index in [9.17, 15) is 9.90 Å². The van der Waals surface area contributed by atoms with Crippen molar-refractivity contribution in [1.29, 1.82) is 0 Å². The van der Waals surface area contributed by atoms with Crippen LogP contribution in [-0.4, -0.2) is 55.1 Å². The van der Waals surface area contributed by atoms with E-state index in [-0.39, 0.29) is 19.4 Å². The van der Waals surface area contributed by atoms with Crippen molar-refractivity contribution in [2.75, 3.05) is 33.0 Å². The van der Waals surface area contributed by atoms with Crippen molar-refractivity contribution in [3.05, 3.63) is 95.6 Å². The molecule has 4 rings (SSSR count). The zero-order valence-corrected chi connectivity index (χ0v) is 24.8. The molecule has 0 aliphatic carbocycles. The van der Waals surface area contributed by atoms with E-state index in [2.05, 4.69) is 48.2 Å². The third-order valence-electron chi connectivity index (χ3n) is 7.20. The van der Waals surface area contributed by atoms with Gasteiger partial charge in [-0.1, -0.05) is 61.5 Å². The molecule has 0 amide bonds. The molecular formula is C35H43NO5. The maximum atomic E-state index is 12.0. The Hall–Kier alpha value is -3.61. The highest BCUT2D eigenvalue weighted by Crippen LogP contribution is 2.35. The number of nitrogens with zero attached hydrogens (tertiary/aromatic N) is 1. The summed E-state index contributed by atoms with van der Waals surface area (Å²) in [5.41, 5.74) is 5.08.